The van der Waals surface area contributed by atoms with Crippen LogP contribution >= 0.6 is 43.9 Å². The zero-order valence-corrected chi connectivity index (χ0v) is 10.4. The van der Waals surface area contributed by atoms with E-state index < -0.39 is 0 Å². The average molecular weight is 278 g/mol. The molecule has 78 valence electrons. The van der Waals surface area contributed by atoms with Crippen molar-refractivity contribution in [3.05, 3.63) is 38.3 Å². The molecule has 0 aliphatic rings. The fourth-order valence-electron chi connectivity index (χ4n) is 0.969. The van der Waals surface area contributed by atoms with Crippen molar-refractivity contribution in [2.45, 2.75) is 0 Å². The second-order valence-corrected chi connectivity index (χ2v) is 5.77. The zero-order chi connectivity index (χ0) is 10.8. The minimum absolute atomic E-state index is 0.128. The van der Waals surface area contributed by atoms with Gasteiger partial charge in [-0.25, -0.2) is 4.99 Å². The van der Waals surface area contributed by atoms with E-state index in [1.165, 1.54) is 20.7 Å². The van der Waals surface area contributed by atoms with Gasteiger partial charge in [0, 0.05) is 0 Å². The van der Waals surface area contributed by atoms with Crippen LogP contribution < -0.4 is 4.67 Å². The van der Waals surface area contributed by atoms with Crippen LogP contribution in [-0.4, -0.2) is 5.11 Å². The molecule has 0 saturated heterocycles. The molecule has 1 heterocycles. The maximum Gasteiger partial charge on any atom is 0.147 e. The fourth-order valence-corrected chi connectivity index (χ4v) is 3.71. The third-order valence-corrected chi connectivity index (χ3v) is 5.15. The van der Waals surface area contributed by atoms with E-state index in [0.717, 1.165) is 0 Å². The summed E-state index contributed by atoms with van der Waals surface area (Å²) in [7, 11) is 2.74. The van der Waals surface area contributed by atoms with Gasteiger partial charge in [0.05, 0.1) is 0 Å². The summed E-state index contributed by atoms with van der Waals surface area (Å²) in [5, 5.41) is 9.95. The maximum absolute atomic E-state index is 9.51. The second kappa shape index (κ2) is 4.53. The molecule has 6 heteroatoms. The Balaban J connectivity index is 2.56. The van der Waals surface area contributed by atoms with E-state index >= 15 is 0 Å². The highest BCUT2D eigenvalue weighted by atomic mass is 35.5. The van der Waals surface area contributed by atoms with Gasteiger partial charge in [-0.15, -0.1) is 0 Å². The van der Waals surface area contributed by atoms with E-state index in [0.29, 0.717) is 19.7 Å². The number of phenolic OH excluding ortho intramolecular Hbond substituents is 1. The molecule has 0 unspecified atom stereocenters. The Morgan fingerprint density at radius 3 is 2.47 bits per heavy atom. The van der Waals surface area contributed by atoms with Crippen molar-refractivity contribution in [2.75, 3.05) is 0 Å². The van der Waals surface area contributed by atoms with E-state index in [-0.39, 0.29) is 5.75 Å². The fraction of sp³-hybridized carbons (Fsp3) is 0. The molecule has 15 heavy (non-hydrogen) atoms. The molecule has 2 rings (SSSR count). The maximum atomic E-state index is 9.51. The molecule has 1 N–H and O–H groups in total. The molecule has 0 radical (unpaired) electrons. The van der Waals surface area contributed by atoms with E-state index in [2.05, 4.69) is 4.99 Å². The predicted octanol–water partition coefficient (Wildman–Crippen LogP) is 4.05. The third-order valence-electron chi connectivity index (χ3n) is 1.66. The molecule has 0 saturated carbocycles. The Labute approximate surface area is 103 Å². The summed E-state index contributed by atoms with van der Waals surface area (Å²) < 4.78 is 1.14. The summed E-state index contributed by atoms with van der Waals surface area (Å²) in [6, 6.07) is 6.82. The third kappa shape index (κ3) is 2.34. The van der Waals surface area contributed by atoms with Crippen molar-refractivity contribution in [3.8, 4) is 5.75 Å². The van der Waals surface area contributed by atoms with E-state index in [4.69, 9.17) is 23.2 Å². The van der Waals surface area contributed by atoms with Crippen LogP contribution in [0.5, 0.6) is 5.75 Å². The molecule has 0 aliphatic carbocycles. The van der Waals surface area contributed by atoms with Crippen LogP contribution in [0.15, 0.2) is 29.3 Å². The summed E-state index contributed by atoms with van der Waals surface area (Å²) in [6.45, 7) is 0. The topological polar surface area (TPSA) is 32.6 Å². The lowest BCUT2D eigenvalue weighted by molar-refractivity contribution is 0.476. The van der Waals surface area contributed by atoms with Gasteiger partial charge in [-0.3, -0.25) is 0 Å². The Morgan fingerprint density at radius 2 is 1.87 bits per heavy atom. The van der Waals surface area contributed by atoms with Crippen LogP contribution in [-0.2, 0) is 0 Å². The number of hydrogen-bond acceptors (Lipinski definition) is 4. The van der Waals surface area contributed by atoms with Gasteiger partial charge in [-0.2, -0.15) is 0 Å². The number of hydrogen-bond donors (Lipinski definition) is 1. The van der Waals surface area contributed by atoms with Gasteiger partial charge >= 0.3 is 0 Å². The summed E-state index contributed by atoms with van der Waals surface area (Å²) in [4.78, 5) is 4.22. The lowest BCUT2D eigenvalue weighted by Gasteiger charge is -1.95. The van der Waals surface area contributed by atoms with Gasteiger partial charge in [0.25, 0.3) is 0 Å². The number of benzene rings is 1. The molecule has 0 spiro atoms. The number of phenols is 1. The molecular weight excluding hydrogens is 273 g/mol. The monoisotopic (exact) mass is 277 g/mol. The lowest BCUT2D eigenvalue weighted by Crippen LogP contribution is -1.91. The van der Waals surface area contributed by atoms with E-state index in [1.807, 2.05) is 0 Å². The van der Waals surface area contributed by atoms with Gasteiger partial charge < -0.3 is 5.11 Å². The highest BCUT2D eigenvalue weighted by Gasteiger charge is 2.04. The van der Waals surface area contributed by atoms with Gasteiger partial charge in [-0.1, -0.05) is 56.0 Å². The number of nitrogens with zero attached hydrogens (tertiary/aromatic N) is 1. The smallest absolute Gasteiger partial charge is 0.147 e. The van der Waals surface area contributed by atoms with Crippen LogP contribution in [0.4, 0.5) is 5.69 Å². The molecule has 1 aromatic carbocycles. The van der Waals surface area contributed by atoms with Gasteiger partial charge in [0.2, 0.25) is 0 Å². The van der Waals surface area contributed by atoms with Crippen LogP contribution in [0.1, 0.15) is 0 Å². The van der Waals surface area contributed by atoms with Crippen molar-refractivity contribution in [3.63, 3.8) is 0 Å². The van der Waals surface area contributed by atoms with Crippen LogP contribution in [0, 0.1) is 0 Å². The van der Waals surface area contributed by atoms with Crippen molar-refractivity contribution >= 4 is 49.6 Å². The van der Waals surface area contributed by atoms with Crippen molar-refractivity contribution < 1.29 is 5.11 Å². The summed E-state index contributed by atoms with van der Waals surface area (Å²) in [5.41, 5.74) is 0.491. The first kappa shape index (κ1) is 11.0. The first-order chi connectivity index (χ1) is 7.18. The summed E-state index contributed by atoms with van der Waals surface area (Å²) in [6.07, 6.45) is 0. The molecule has 2 aromatic rings. The first-order valence-corrected chi connectivity index (χ1v) is 6.86. The van der Waals surface area contributed by atoms with Crippen LogP contribution in [0.25, 0.3) is 0 Å². The predicted molar refractivity (Wildman–Crippen MR) is 65.5 cm³/mol. The number of para-hydroxylation sites is 2. The Bertz CT molecular complexity index is 547. The Hall–Kier alpha value is -0.550. The Kier molecular flexibility index (Phi) is 3.31. The minimum Gasteiger partial charge on any atom is -0.506 e. The summed E-state index contributed by atoms with van der Waals surface area (Å²) in [5.74, 6) is 0.128. The SMILES string of the molecule is Oc1ccccc1N=c1ssc(Cl)c1Cl. The zero-order valence-electron chi connectivity index (χ0n) is 7.28. The highest BCUT2D eigenvalue weighted by Crippen LogP contribution is 2.29. The Morgan fingerprint density at radius 1 is 1.13 bits per heavy atom. The number of rotatable bonds is 1. The molecular formula is C9H5Cl2NOS2. The first-order valence-electron chi connectivity index (χ1n) is 3.95. The van der Waals surface area contributed by atoms with Crippen LogP contribution in [0.2, 0.25) is 9.36 Å². The molecule has 0 amide bonds. The quantitative estimate of drug-likeness (QED) is 0.784. The van der Waals surface area contributed by atoms with Crippen molar-refractivity contribution in [1.29, 1.82) is 0 Å². The minimum atomic E-state index is 0.128. The van der Waals surface area contributed by atoms with E-state index in [9.17, 15) is 5.11 Å². The summed E-state index contributed by atoms with van der Waals surface area (Å²) >= 11 is 11.7. The molecule has 1 aromatic heterocycles. The molecule has 0 atom stereocenters. The van der Waals surface area contributed by atoms with Gasteiger partial charge in [0.15, 0.2) is 0 Å². The molecule has 2 nitrogen and oxygen atoms in total. The number of aromatic hydroxyl groups is 1. The van der Waals surface area contributed by atoms with Gasteiger partial charge in [-0.05, 0) is 12.1 Å². The highest BCUT2D eigenvalue weighted by molar-refractivity contribution is 7.69. The second-order valence-electron chi connectivity index (χ2n) is 2.66. The van der Waals surface area contributed by atoms with Crippen LogP contribution in [0.3, 0.4) is 0 Å². The molecule has 0 aliphatic heterocycles. The average Bonchev–Trinajstić information content (AvgIpc) is 2.53. The normalized spacial score (nSPS) is 12.0. The van der Waals surface area contributed by atoms with E-state index in [1.54, 1.807) is 24.3 Å². The molecule has 0 fully saturated rings. The van der Waals surface area contributed by atoms with Crippen molar-refractivity contribution in [2.24, 2.45) is 4.99 Å². The molecule has 0 bridgehead atoms. The largest absolute Gasteiger partial charge is 0.506 e. The van der Waals surface area contributed by atoms with Gasteiger partial charge in [0.1, 0.15) is 25.5 Å². The standard InChI is InChI=1S/C9H5Cl2NOS2/c10-7-8(11)14-15-9(7)12-5-3-1-2-4-6(5)13/h1-4,13H. The lowest BCUT2D eigenvalue weighted by atomic mass is 10.3. The number of halogens is 2. The van der Waals surface area contributed by atoms with Crippen molar-refractivity contribution in [1.82, 2.24) is 0 Å².